The van der Waals surface area contributed by atoms with Gasteiger partial charge in [-0.1, -0.05) is 32.0 Å². The van der Waals surface area contributed by atoms with Gasteiger partial charge < -0.3 is 0 Å². The number of rotatable bonds is 4. The monoisotopic (exact) mass is 242 g/mol. The highest BCUT2D eigenvalue weighted by molar-refractivity contribution is 5.35. The van der Waals surface area contributed by atoms with Crippen LogP contribution in [-0.2, 0) is 13.0 Å². The van der Waals surface area contributed by atoms with Crippen molar-refractivity contribution in [2.75, 3.05) is 13.1 Å². The third kappa shape index (κ3) is 2.91. The van der Waals surface area contributed by atoms with E-state index in [0.717, 1.165) is 26.1 Å². The molecule has 0 saturated carbocycles. The van der Waals surface area contributed by atoms with Gasteiger partial charge in [-0.3, -0.25) is 4.90 Å². The molecule has 0 radical (unpaired) electrons. The Hall–Kier alpha value is -1.33. The molecule has 0 amide bonds. The van der Waals surface area contributed by atoms with E-state index in [-0.39, 0.29) is 0 Å². The molecule has 1 aliphatic heterocycles. The van der Waals surface area contributed by atoms with E-state index in [9.17, 15) is 0 Å². The van der Waals surface area contributed by atoms with Crippen LogP contribution in [0.5, 0.6) is 0 Å². The highest BCUT2D eigenvalue weighted by Crippen LogP contribution is 2.25. The molecule has 0 saturated heterocycles. The lowest BCUT2D eigenvalue weighted by molar-refractivity contribution is 0.260. The van der Waals surface area contributed by atoms with Crippen LogP contribution in [0.1, 0.15) is 49.3 Å². The predicted octanol–water partition coefficient (Wildman–Crippen LogP) is 3.47. The summed E-state index contributed by atoms with van der Waals surface area (Å²) >= 11 is 0. The highest BCUT2D eigenvalue weighted by atomic mass is 15.1. The molecule has 1 atom stereocenters. The van der Waals surface area contributed by atoms with E-state index in [1.807, 2.05) is 0 Å². The summed E-state index contributed by atoms with van der Waals surface area (Å²) in [6, 6.07) is 9.19. The van der Waals surface area contributed by atoms with Crippen LogP contribution in [0.25, 0.3) is 0 Å². The largest absolute Gasteiger partial charge is 0.298 e. The van der Waals surface area contributed by atoms with Crippen LogP contribution in [0.15, 0.2) is 18.2 Å². The number of nitrogens with zero attached hydrogens (tertiary/aromatic N) is 2. The standard InChI is InChI=1S/C16H22N2/c1-3-13(2)14-5-6-16-12-18(9-4-8-17)10-7-15(16)11-14/h5-6,11,13H,3-4,7,9-10,12H2,1-2H3. The number of benzene rings is 1. The zero-order chi connectivity index (χ0) is 13.0. The molecule has 1 heterocycles. The summed E-state index contributed by atoms with van der Waals surface area (Å²) in [5.74, 6) is 0.659. The van der Waals surface area contributed by atoms with E-state index >= 15 is 0 Å². The summed E-state index contributed by atoms with van der Waals surface area (Å²) in [6.07, 6.45) is 2.97. The second kappa shape index (κ2) is 6.02. The number of hydrogen-bond acceptors (Lipinski definition) is 2. The maximum atomic E-state index is 8.64. The van der Waals surface area contributed by atoms with Crippen LogP contribution in [-0.4, -0.2) is 18.0 Å². The van der Waals surface area contributed by atoms with Gasteiger partial charge in [0, 0.05) is 26.1 Å². The molecule has 2 heteroatoms. The van der Waals surface area contributed by atoms with E-state index < -0.39 is 0 Å². The lowest BCUT2D eigenvalue weighted by Crippen LogP contribution is -2.31. The third-order valence-corrected chi connectivity index (χ3v) is 4.04. The average molecular weight is 242 g/mol. The van der Waals surface area contributed by atoms with Crippen LogP contribution >= 0.6 is 0 Å². The molecule has 0 bridgehead atoms. The van der Waals surface area contributed by atoms with Crippen LogP contribution < -0.4 is 0 Å². The molecule has 0 N–H and O–H groups in total. The molecule has 1 aromatic carbocycles. The lowest BCUT2D eigenvalue weighted by atomic mass is 9.91. The van der Waals surface area contributed by atoms with Crippen molar-refractivity contribution in [2.45, 2.75) is 45.6 Å². The zero-order valence-electron chi connectivity index (χ0n) is 11.4. The molecule has 2 rings (SSSR count). The molecule has 0 aliphatic carbocycles. The van der Waals surface area contributed by atoms with Crippen molar-refractivity contribution < 1.29 is 0 Å². The summed E-state index contributed by atoms with van der Waals surface area (Å²) in [4.78, 5) is 2.38. The van der Waals surface area contributed by atoms with Crippen molar-refractivity contribution in [1.29, 1.82) is 5.26 Å². The molecule has 2 nitrogen and oxygen atoms in total. The van der Waals surface area contributed by atoms with Crippen LogP contribution in [0, 0.1) is 11.3 Å². The predicted molar refractivity (Wildman–Crippen MR) is 74.4 cm³/mol. The molecule has 1 aromatic rings. The zero-order valence-corrected chi connectivity index (χ0v) is 11.4. The first-order chi connectivity index (χ1) is 8.74. The minimum Gasteiger partial charge on any atom is -0.298 e. The molecular weight excluding hydrogens is 220 g/mol. The molecule has 0 spiro atoms. The second-order valence-electron chi connectivity index (χ2n) is 5.27. The maximum Gasteiger partial charge on any atom is 0.0635 e. The SMILES string of the molecule is CCC(C)c1ccc2c(c1)CCN(CCC#N)C2. The van der Waals surface area contributed by atoms with Gasteiger partial charge in [-0.2, -0.15) is 5.26 Å². The molecule has 18 heavy (non-hydrogen) atoms. The Kier molecular flexibility index (Phi) is 4.38. The quantitative estimate of drug-likeness (QED) is 0.808. The fourth-order valence-electron chi connectivity index (χ4n) is 2.57. The Morgan fingerprint density at radius 1 is 1.39 bits per heavy atom. The molecular formula is C16H22N2. The molecule has 1 aliphatic rings. The van der Waals surface area contributed by atoms with Gasteiger partial charge in [-0.05, 0) is 35.4 Å². The summed E-state index contributed by atoms with van der Waals surface area (Å²) < 4.78 is 0. The Balaban J connectivity index is 2.09. The Morgan fingerprint density at radius 3 is 2.94 bits per heavy atom. The van der Waals surface area contributed by atoms with Gasteiger partial charge in [-0.15, -0.1) is 0 Å². The molecule has 0 aromatic heterocycles. The van der Waals surface area contributed by atoms with Crippen molar-refractivity contribution in [2.24, 2.45) is 0 Å². The minimum absolute atomic E-state index is 0.639. The molecule has 1 unspecified atom stereocenters. The van der Waals surface area contributed by atoms with Gasteiger partial charge in [-0.25, -0.2) is 0 Å². The van der Waals surface area contributed by atoms with Crippen molar-refractivity contribution >= 4 is 0 Å². The second-order valence-corrected chi connectivity index (χ2v) is 5.27. The fourth-order valence-corrected chi connectivity index (χ4v) is 2.57. The van der Waals surface area contributed by atoms with E-state index in [4.69, 9.17) is 5.26 Å². The maximum absolute atomic E-state index is 8.64. The summed E-state index contributed by atoms with van der Waals surface area (Å²) in [5.41, 5.74) is 4.44. The Bertz CT molecular complexity index is 445. The van der Waals surface area contributed by atoms with Gasteiger partial charge in [0.1, 0.15) is 0 Å². The van der Waals surface area contributed by atoms with Crippen LogP contribution in [0.2, 0.25) is 0 Å². The minimum atomic E-state index is 0.639. The van der Waals surface area contributed by atoms with Crippen molar-refractivity contribution in [3.8, 4) is 6.07 Å². The van der Waals surface area contributed by atoms with Gasteiger partial charge in [0.25, 0.3) is 0 Å². The summed E-state index contributed by atoms with van der Waals surface area (Å²) in [6.45, 7) is 7.55. The van der Waals surface area contributed by atoms with Crippen molar-refractivity contribution in [1.82, 2.24) is 4.90 Å². The van der Waals surface area contributed by atoms with Gasteiger partial charge >= 0.3 is 0 Å². The van der Waals surface area contributed by atoms with Crippen molar-refractivity contribution in [3.63, 3.8) is 0 Å². The average Bonchev–Trinajstić information content (AvgIpc) is 2.43. The van der Waals surface area contributed by atoms with Gasteiger partial charge in [0.15, 0.2) is 0 Å². The summed E-state index contributed by atoms with van der Waals surface area (Å²) in [7, 11) is 0. The topological polar surface area (TPSA) is 27.0 Å². The Labute approximate surface area is 110 Å². The lowest BCUT2D eigenvalue weighted by Gasteiger charge is -2.28. The smallest absolute Gasteiger partial charge is 0.0635 e. The number of fused-ring (bicyclic) bond motifs is 1. The van der Waals surface area contributed by atoms with Crippen molar-refractivity contribution in [3.05, 3.63) is 34.9 Å². The third-order valence-electron chi connectivity index (χ3n) is 4.04. The molecule has 96 valence electrons. The van der Waals surface area contributed by atoms with Gasteiger partial charge in [0.2, 0.25) is 0 Å². The van der Waals surface area contributed by atoms with E-state index in [2.05, 4.69) is 43.0 Å². The first-order valence-electron chi connectivity index (χ1n) is 6.95. The van der Waals surface area contributed by atoms with Crippen LogP contribution in [0.4, 0.5) is 0 Å². The Morgan fingerprint density at radius 2 is 2.22 bits per heavy atom. The van der Waals surface area contributed by atoms with Gasteiger partial charge in [0.05, 0.1) is 6.07 Å². The van der Waals surface area contributed by atoms with E-state index in [1.54, 1.807) is 0 Å². The van der Waals surface area contributed by atoms with E-state index in [0.29, 0.717) is 12.3 Å². The van der Waals surface area contributed by atoms with E-state index in [1.165, 1.54) is 23.1 Å². The first-order valence-corrected chi connectivity index (χ1v) is 6.95. The normalized spacial score (nSPS) is 16.9. The first kappa shape index (κ1) is 13.1. The summed E-state index contributed by atoms with van der Waals surface area (Å²) in [5, 5.41) is 8.64. The number of nitriles is 1. The highest BCUT2D eigenvalue weighted by Gasteiger charge is 2.16. The number of hydrogen-bond donors (Lipinski definition) is 0. The van der Waals surface area contributed by atoms with Crippen LogP contribution in [0.3, 0.4) is 0 Å². The fraction of sp³-hybridized carbons (Fsp3) is 0.562. The molecule has 0 fully saturated rings.